The number of hydrogen-bond donors (Lipinski definition) is 0. The molecule has 0 bridgehead atoms. The van der Waals surface area contributed by atoms with E-state index >= 15 is 0 Å². The lowest BCUT2D eigenvalue weighted by atomic mass is 9.84. The van der Waals surface area contributed by atoms with Gasteiger partial charge in [0.25, 0.3) is 0 Å². The predicted molar refractivity (Wildman–Crippen MR) is 89.0 cm³/mol. The molecule has 3 heterocycles. The lowest BCUT2D eigenvalue weighted by molar-refractivity contribution is -0.0382. The van der Waals surface area contributed by atoms with Crippen LogP contribution in [0.5, 0.6) is 0 Å². The Labute approximate surface area is 130 Å². The van der Waals surface area contributed by atoms with Crippen molar-refractivity contribution in [2.75, 3.05) is 26.3 Å². The van der Waals surface area contributed by atoms with Crippen molar-refractivity contribution in [3.05, 3.63) is 35.2 Å². The van der Waals surface area contributed by atoms with Crippen molar-refractivity contribution in [1.29, 1.82) is 0 Å². The second-order valence-corrected chi connectivity index (χ2v) is 7.42. The molecule has 2 aliphatic heterocycles. The van der Waals surface area contributed by atoms with Gasteiger partial charge < -0.3 is 4.74 Å². The number of likely N-dealkylation sites (tertiary alicyclic amines) is 1. The van der Waals surface area contributed by atoms with E-state index in [1.54, 1.807) is 4.88 Å². The van der Waals surface area contributed by atoms with Gasteiger partial charge in [0.05, 0.1) is 5.54 Å². The van der Waals surface area contributed by atoms with Crippen LogP contribution in [0.2, 0.25) is 0 Å². The molecule has 0 radical (unpaired) electrons. The van der Waals surface area contributed by atoms with Gasteiger partial charge in [-0.15, -0.1) is 11.3 Å². The number of ether oxygens (including phenoxy) is 1. The number of thiophene rings is 1. The van der Waals surface area contributed by atoms with Crippen molar-refractivity contribution in [1.82, 2.24) is 4.90 Å². The fourth-order valence-corrected chi connectivity index (χ4v) is 5.30. The molecule has 0 aliphatic carbocycles. The van der Waals surface area contributed by atoms with E-state index in [9.17, 15) is 0 Å². The minimum absolute atomic E-state index is 0.238. The van der Waals surface area contributed by atoms with E-state index in [2.05, 4.69) is 35.2 Å². The first kappa shape index (κ1) is 13.7. The predicted octanol–water partition coefficient (Wildman–Crippen LogP) is 4.39. The lowest BCUT2D eigenvalue weighted by Crippen LogP contribution is -2.51. The quantitative estimate of drug-likeness (QED) is 0.815. The maximum absolute atomic E-state index is 5.69. The zero-order chi connectivity index (χ0) is 14.1. The van der Waals surface area contributed by atoms with E-state index in [1.165, 1.54) is 42.4 Å². The Morgan fingerprint density at radius 3 is 2.52 bits per heavy atom. The van der Waals surface area contributed by atoms with Gasteiger partial charge in [0.2, 0.25) is 0 Å². The van der Waals surface area contributed by atoms with Gasteiger partial charge in [0.1, 0.15) is 0 Å². The number of fused-ring (bicyclic) bond motifs is 1. The number of nitrogens with zero attached hydrogens (tertiary/aromatic N) is 1. The largest absolute Gasteiger partial charge is 0.381 e. The summed E-state index contributed by atoms with van der Waals surface area (Å²) in [6, 6.07) is 11.3. The molecule has 1 aromatic heterocycles. The molecule has 0 unspecified atom stereocenters. The smallest absolute Gasteiger partial charge is 0.0598 e. The number of benzene rings is 1. The van der Waals surface area contributed by atoms with Gasteiger partial charge in [-0.1, -0.05) is 24.6 Å². The maximum atomic E-state index is 5.69. The van der Waals surface area contributed by atoms with Crippen molar-refractivity contribution in [2.24, 2.45) is 0 Å². The zero-order valence-corrected chi connectivity index (χ0v) is 13.3. The van der Waals surface area contributed by atoms with E-state index in [4.69, 9.17) is 4.74 Å². The van der Waals surface area contributed by atoms with Gasteiger partial charge >= 0.3 is 0 Å². The molecule has 2 saturated heterocycles. The molecule has 0 amide bonds. The average Bonchev–Trinajstić information content (AvgIpc) is 3.01. The van der Waals surface area contributed by atoms with Crippen LogP contribution in [0, 0.1) is 0 Å². The molecule has 3 heteroatoms. The molecular weight excluding hydrogens is 278 g/mol. The van der Waals surface area contributed by atoms with Crippen LogP contribution in [0.15, 0.2) is 30.3 Å². The molecule has 0 saturated carbocycles. The Kier molecular flexibility index (Phi) is 3.74. The summed E-state index contributed by atoms with van der Waals surface area (Å²) in [6.07, 6.45) is 6.41. The summed E-state index contributed by atoms with van der Waals surface area (Å²) in [5, 5.41) is 1.40. The van der Waals surface area contributed by atoms with Gasteiger partial charge in [-0.25, -0.2) is 0 Å². The SMILES string of the molecule is c1ccc2sc(C3(N4CCCCC4)CCOCC3)cc2c1. The van der Waals surface area contributed by atoms with Crippen molar-refractivity contribution >= 4 is 21.4 Å². The van der Waals surface area contributed by atoms with Gasteiger partial charge in [0, 0.05) is 22.8 Å². The Morgan fingerprint density at radius 1 is 1.00 bits per heavy atom. The molecule has 4 rings (SSSR count). The highest BCUT2D eigenvalue weighted by molar-refractivity contribution is 7.19. The molecule has 21 heavy (non-hydrogen) atoms. The standard InChI is InChI=1S/C18H23NOS/c1-4-10-19(11-5-1)18(8-12-20-13-9-18)17-14-15-6-2-3-7-16(15)21-17/h2-3,6-7,14H,1,4-5,8-13H2. The molecule has 2 nitrogen and oxygen atoms in total. The minimum atomic E-state index is 0.238. The number of hydrogen-bond acceptors (Lipinski definition) is 3. The number of piperidine rings is 1. The Morgan fingerprint density at radius 2 is 1.76 bits per heavy atom. The molecule has 0 atom stereocenters. The first-order valence-corrected chi connectivity index (χ1v) is 9.02. The minimum Gasteiger partial charge on any atom is -0.381 e. The summed E-state index contributed by atoms with van der Waals surface area (Å²) in [7, 11) is 0. The Balaban J connectivity index is 1.77. The summed E-state index contributed by atoms with van der Waals surface area (Å²) in [6.45, 7) is 4.33. The third-order valence-electron chi connectivity index (χ3n) is 5.17. The second-order valence-electron chi connectivity index (χ2n) is 6.34. The molecule has 2 aromatic rings. The summed E-state index contributed by atoms with van der Waals surface area (Å²) in [5.41, 5.74) is 0.238. The molecule has 1 aromatic carbocycles. The van der Waals surface area contributed by atoms with Crippen LogP contribution >= 0.6 is 11.3 Å². The number of rotatable bonds is 2. The molecule has 0 spiro atoms. The third-order valence-corrected chi connectivity index (χ3v) is 6.47. The first-order chi connectivity index (χ1) is 10.4. The summed E-state index contributed by atoms with van der Waals surface area (Å²) in [5.74, 6) is 0. The van der Waals surface area contributed by atoms with Crippen LogP contribution in [-0.4, -0.2) is 31.2 Å². The highest BCUT2D eigenvalue weighted by atomic mass is 32.1. The van der Waals surface area contributed by atoms with Gasteiger partial charge in [-0.3, -0.25) is 4.90 Å². The highest BCUT2D eigenvalue weighted by Crippen LogP contribution is 2.44. The van der Waals surface area contributed by atoms with Crippen molar-refractivity contribution in [3.63, 3.8) is 0 Å². The van der Waals surface area contributed by atoms with Crippen LogP contribution in [0.3, 0.4) is 0 Å². The van der Waals surface area contributed by atoms with E-state index < -0.39 is 0 Å². The second kappa shape index (κ2) is 5.71. The van der Waals surface area contributed by atoms with Crippen LogP contribution in [0.25, 0.3) is 10.1 Å². The van der Waals surface area contributed by atoms with Crippen LogP contribution in [0.4, 0.5) is 0 Å². The van der Waals surface area contributed by atoms with Crippen LogP contribution < -0.4 is 0 Å². The molecular formula is C18H23NOS. The summed E-state index contributed by atoms with van der Waals surface area (Å²) in [4.78, 5) is 4.33. The molecule has 0 N–H and O–H groups in total. The average molecular weight is 301 g/mol. The lowest BCUT2D eigenvalue weighted by Gasteiger charge is -2.47. The topological polar surface area (TPSA) is 12.5 Å². The first-order valence-electron chi connectivity index (χ1n) is 8.20. The fraction of sp³-hybridized carbons (Fsp3) is 0.556. The van der Waals surface area contributed by atoms with E-state index in [0.29, 0.717) is 0 Å². The highest BCUT2D eigenvalue weighted by Gasteiger charge is 2.41. The zero-order valence-electron chi connectivity index (χ0n) is 12.5. The van der Waals surface area contributed by atoms with Crippen molar-refractivity contribution < 1.29 is 4.74 Å². The van der Waals surface area contributed by atoms with Crippen LogP contribution in [0.1, 0.15) is 37.0 Å². The van der Waals surface area contributed by atoms with Crippen molar-refractivity contribution in [3.8, 4) is 0 Å². The summed E-state index contributed by atoms with van der Waals surface area (Å²) >= 11 is 2.00. The van der Waals surface area contributed by atoms with Gasteiger partial charge in [-0.2, -0.15) is 0 Å². The molecule has 112 valence electrons. The van der Waals surface area contributed by atoms with Crippen molar-refractivity contribution in [2.45, 2.75) is 37.6 Å². The maximum Gasteiger partial charge on any atom is 0.0598 e. The van der Waals surface area contributed by atoms with E-state index in [-0.39, 0.29) is 5.54 Å². The fourth-order valence-electron chi connectivity index (χ4n) is 3.96. The summed E-state index contributed by atoms with van der Waals surface area (Å²) < 4.78 is 7.12. The Bertz CT molecular complexity index is 575. The van der Waals surface area contributed by atoms with E-state index in [0.717, 1.165) is 26.1 Å². The molecule has 2 fully saturated rings. The van der Waals surface area contributed by atoms with Gasteiger partial charge in [-0.05, 0) is 56.3 Å². The van der Waals surface area contributed by atoms with E-state index in [1.807, 2.05) is 11.3 Å². The monoisotopic (exact) mass is 301 g/mol. The van der Waals surface area contributed by atoms with Gasteiger partial charge in [0.15, 0.2) is 0 Å². The Hall–Kier alpha value is -0.900. The normalized spacial score (nSPS) is 23.4. The van der Waals surface area contributed by atoms with Crippen LogP contribution in [-0.2, 0) is 10.3 Å². The third kappa shape index (κ3) is 2.41. The molecule has 2 aliphatic rings.